The standard InChI is InChI=1S/C8H8BrIN5O2PS/c1-18-15-13-8(12-14-15)6-5(10)3-2-4(9)7(6)19(11,16)17/h2-3,18H,1H3,(H2,11,16,17). The SMILES string of the molecule is CPn1nnc(-c2c(I)ccc(Br)c2S(N)(=O)=O)n1. The predicted octanol–water partition coefficient (Wildman–Crippen LogP) is 1.43. The summed E-state index contributed by atoms with van der Waals surface area (Å²) in [5.41, 5.74) is 0.363. The van der Waals surface area contributed by atoms with Crippen LogP contribution in [0.4, 0.5) is 0 Å². The maximum Gasteiger partial charge on any atom is 0.239 e. The van der Waals surface area contributed by atoms with Crippen molar-refractivity contribution in [2.24, 2.45) is 5.14 Å². The van der Waals surface area contributed by atoms with Crippen LogP contribution in [0.2, 0.25) is 0 Å². The first-order valence-corrected chi connectivity index (χ1v) is 9.70. The van der Waals surface area contributed by atoms with Gasteiger partial charge in [-0.2, -0.15) is 0 Å². The topological polar surface area (TPSA) is 104 Å². The zero-order chi connectivity index (χ0) is 14.2. The number of primary sulfonamides is 1. The van der Waals surface area contributed by atoms with Gasteiger partial charge in [0.25, 0.3) is 0 Å². The average Bonchev–Trinajstić information content (AvgIpc) is 2.78. The third kappa shape index (κ3) is 3.13. The van der Waals surface area contributed by atoms with Crippen LogP contribution >= 0.6 is 47.3 Å². The largest absolute Gasteiger partial charge is 0.239 e. The Bertz CT molecular complexity index is 735. The van der Waals surface area contributed by atoms with Crippen LogP contribution in [0, 0.1) is 3.57 Å². The minimum absolute atomic E-state index is 0.0293. The van der Waals surface area contributed by atoms with Crippen LogP contribution in [0.15, 0.2) is 21.5 Å². The average molecular weight is 476 g/mol. The maximum absolute atomic E-state index is 11.7. The number of sulfonamides is 1. The summed E-state index contributed by atoms with van der Waals surface area (Å²) in [5, 5.41) is 17.1. The molecule has 0 fully saturated rings. The van der Waals surface area contributed by atoms with Crippen molar-refractivity contribution in [2.75, 3.05) is 6.66 Å². The van der Waals surface area contributed by atoms with Gasteiger partial charge in [-0.25, -0.2) is 13.6 Å². The van der Waals surface area contributed by atoms with E-state index < -0.39 is 10.0 Å². The second-order valence-corrected chi connectivity index (χ2v) is 7.77. The molecule has 7 nitrogen and oxygen atoms in total. The van der Waals surface area contributed by atoms with Crippen molar-refractivity contribution in [3.63, 3.8) is 0 Å². The highest BCUT2D eigenvalue weighted by Crippen LogP contribution is 2.34. The summed E-state index contributed by atoms with van der Waals surface area (Å²) in [6.45, 7) is 1.89. The quantitative estimate of drug-likeness (QED) is 0.534. The van der Waals surface area contributed by atoms with Crippen LogP contribution in [-0.2, 0) is 10.0 Å². The van der Waals surface area contributed by atoms with Gasteiger partial charge in [0.2, 0.25) is 15.8 Å². The molecule has 0 amide bonds. The van der Waals surface area contributed by atoms with Crippen molar-refractivity contribution < 1.29 is 8.42 Å². The van der Waals surface area contributed by atoms with Crippen molar-refractivity contribution in [1.82, 2.24) is 20.0 Å². The molecule has 0 saturated carbocycles. The van der Waals surface area contributed by atoms with Crippen molar-refractivity contribution in [3.8, 4) is 11.4 Å². The molecule has 1 atom stereocenters. The van der Waals surface area contributed by atoms with Gasteiger partial charge >= 0.3 is 0 Å². The molecule has 1 unspecified atom stereocenters. The molecule has 0 aliphatic carbocycles. The predicted molar refractivity (Wildman–Crippen MR) is 84.7 cm³/mol. The Kier molecular flexibility index (Phi) is 4.56. The normalized spacial score (nSPS) is 12.4. The van der Waals surface area contributed by atoms with Crippen molar-refractivity contribution in [3.05, 3.63) is 20.2 Å². The van der Waals surface area contributed by atoms with Crippen LogP contribution in [0.3, 0.4) is 0 Å². The second-order valence-electron chi connectivity index (χ2n) is 3.40. The molecule has 2 rings (SSSR count). The molecule has 0 aliphatic rings. The number of halogens is 2. The minimum atomic E-state index is -3.90. The first-order chi connectivity index (χ1) is 8.84. The fourth-order valence-corrected chi connectivity index (χ4v) is 4.46. The molecule has 0 spiro atoms. The molecular weight excluding hydrogens is 468 g/mol. The van der Waals surface area contributed by atoms with E-state index in [0.29, 0.717) is 22.3 Å². The third-order valence-corrected chi connectivity index (χ3v) is 5.59. The minimum Gasteiger partial charge on any atom is -0.225 e. The van der Waals surface area contributed by atoms with Gasteiger partial charge in [-0.1, -0.05) is 0 Å². The molecular formula is C8H8BrIN5O2PS. The van der Waals surface area contributed by atoms with Crippen molar-refractivity contribution in [2.45, 2.75) is 4.90 Å². The van der Waals surface area contributed by atoms with E-state index >= 15 is 0 Å². The van der Waals surface area contributed by atoms with Gasteiger partial charge < -0.3 is 0 Å². The van der Waals surface area contributed by atoms with Crippen LogP contribution in [0.5, 0.6) is 0 Å². The first-order valence-electron chi connectivity index (χ1n) is 4.83. The van der Waals surface area contributed by atoms with E-state index in [9.17, 15) is 8.42 Å². The van der Waals surface area contributed by atoms with E-state index in [2.05, 4.69) is 31.3 Å². The Labute approximate surface area is 133 Å². The molecule has 1 aromatic heterocycles. The smallest absolute Gasteiger partial charge is 0.225 e. The maximum atomic E-state index is 11.7. The summed E-state index contributed by atoms with van der Waals surface area (Å²) in [6.07, 6.45) is 0. The lowest BCUT2D eigenvalue weighted by Crippen LogP contribution is -2.15. The van der Waals surface area contributed by atoms with Crippen molar-refractivity contribution >= 4 is 57.3 Å². The zero-order valence-corrected chi connectivity index (χ0v) is 15.1. The molecule has 0 radical (unpaired) electrons. The van der Waals surface area contributed by atoms with Gasteiger partial charge in [-0.15, -0.1) is 14.8 Å². The van der Waals surface area contributed by atoms with Crippen LogP contribution in [0.25, 0.3) is 11.4 Å². The van der Waals surface area contributed by atoms with Crippen LogP contribution in [0.1, 0.15) is 0 Å². The molecule has 2 N–H and O–H groups in total. The number of aromatic nitrogens is 4. The van der Waals surface area contributed by atoms with Crippen molar-refractivity contribution in [1.29, 1.82) is 0 Å². The zero-order valence-electron chi connectivity index (χ0n) is 9.50. The molecule has 102 valence electrons. The van der Waals surface area contributed by atoms with Gasteiger partial charge in [-0.05, 0) is 62.5 Å². The third-order valence-electron chi connectivity index (χ3n) is 2.18. The van der Waals surface area contributed by atoms with E-state index in [1.807, 2.05) is 29.3 Å². The van der Waals surface area contributed by atoms with E-state index in [1.165, 1.54) is 4.57 Å². The number of tetrazole rings is 1. The second kappa shape index (κ2) is 5.68. The van der Waals surface area contributed by atoms with E-state index in [0.717, 1.165) is 0 Å². The van der Waals surface area contributed by atoms with Gasteiger partial charge in [0.05, 0.1) is 5.56 Å². The summed E-state index contributed by atoms with van der Waals surface area (Å²) in [4.78, 5) is -0.0293. The Morgan fingerprint density at radius 2 is 2.16 bits per heavy atom. The lowest BCUT2D eigenvalue weighted by Gasteiger charge is -2.08. The Morgan fingerprint density at radius 1 is 1.47 bits per heavy atom. The highest BCUT2D eigenvalue weighted by atomic mass is 127. The number of benzene rings is 1. The lowest BCUT2D eigenvalue weighted by atomic mass is 10.2. The molecule has 0 aliphatic heterocycles. The van der Waals surface area contributed by atoms with Gasteiger partial charge in [0.1, 0.15) is 4.90 Å². The molecule has 2 aromatic rings. The summed E-state index contributed by atoms with van der Waals surface area (Å²) >= 11 is 5.21. The summed E-state index contributed by atoms with van der Waals surface area (Å²) in [7, 11) is -3.59. The molecule has 11 heteroatoms. The molecule has 1 aromatic carbocycles. The lowest BCUT2D eigenvalue weighted by molar-refractivity contribution is 0.597. The van der Waals surface area contributed by atoms with Gasteiger partial charge in [0, 0.05) is 16.8 Å². The van der Waals surface area contributed by atoms with E-state index in [4.69, 9.17) is 5.14 Å². The van der Waals surface area contributed by atoms with Crippen LogP contribution < -0.4 is 5.14 Å². The highest BCUT2D eigenvalue weighted by molar-refractivity contribution is 14.1. The van der Waals surface area contributed by atoms with E-state index in [-0.39, 0.29) is 10.7 Å². The number of hydrogen-bond acceptors (Lipinski definition) is 5. The number of nitrogens with two attached hydrogens (primary N) is 1. The first kappa shape index (κ1) is 15.2. The Balaban J connectivity index is 2.78. The fourth-order valence-electron chi connectivity index (χ4n) is 1.43. The fraction of sp³-hybridized carbons (Fsp3) is 0.125. The van der Waals surface area contributed by atoms with E-state index in [1.54, 1.807) is 12.1 Å². The van der Waals surface area contributed by atoms with Gasteiger partial charge in [0.15, 0.2) is 0 Å². The monoisotopic (exact) mass is 475 g/mol. The van der Waals surface area contributed by atoms with Crippen LogP contribution in [-0.4, -0.2) is 35.1 Å². The summed E-state index contributed by atoms with van der Waals surface area (Å²) < 4.78 is 25.9. The molecule has 0 saturated heterocycles. The Morgan fingerprint density at radius 3 is 2.68 bits per heavy atom. The molecule has 19 heavy (non-hydrogen) atoms. The van der Waals surface area contributed by atoms with Gasteiger partial charge in [-0.3, -0.25) is 0 Å². The summed E-state index contributed by atoms with van der Waals surface area (Å²) in [5.74, 6) is 0.240. The highest BCUT2D eigenvalue weighted by Gasteiger charge is 2.24. The molecule has 1 heterocycles. The molecule has 0 bridgehead atoms. The number of hydrogen-bond donors (Lipinski definition) is 1. The Hall–Kier alpha value is -0.160. The summed E-state index contributed by atoms with van der Waals surface area (Å²) in [6, 6.07) is 3.38. The number of nitrogens with zero attached hydrogens (tertiary/aromatic N) is 4. The number of rotatable bonds is 3.